The molecule has 0 aliphatic carbocycles. The maximum absolute atomic E-state index is 13.8. The first-order valence-corrected chi connectivity index (χ1v) is 12.2. The lowest BCUT2D eigenvalue weighted by atomic mass is 9.84. The zero-order valence-corrected chi connectivity index (χ0v) is 21.1. The molecular weight excluding hydrogens is 503 g/mol. The van der Waals surface area contributed by atoms with E-state index in [4.69, 9.17) is 0 Å². The van der Waals surface area contributed by atoms with Crippen LogP contribution in [0.5, 0.6) is 0 Å². The summed E-state index contributed by atoms with van der Waals surface area (Å²) in [5.74, 6) is -4.14. The molecule has 2 saturated heterocycles. The van der Waals surface area contributed by atoms with Gasteiger partial charge in [-0.05, 0) is 30.9 Å². The van der Waals surface area contributed by atoms with Crippen molar-refractivity contribution >= 4 is 29.3 Å². The highest BCUT2D eigenvalue weighted by molar-refractivity contribution is 5.99. The maximum atomic E-state index is 13.8. The van der Waals surface area contributed by atoms with E-state index < -0.39 is 53.3 Å². The second kappa shape index (κ2) is 11.2. The lowest BCUT2D eigenvalue weighted by molar-refractivity contribution is -0.174. The van der Waals surface area contributed by atoms with Crippen molar-refractivity contribution in [2.75, 3.05) is 18.4 Å². The molecule has 3 rings (SSSR count). The van der Waals surface area contributed by atoms with Crippen LogP contribution < -0.4 is 10.6 Å². The van der Waals surface area contributed by atoms with Gasteiger partial charge in [0.05, 0.1) is 11.5 Å². The number of benzene rings is 1. The number of nitrogens with zero attached hydrogens (tertiary/aromatic N) is 3. The molecule has 0 spiro atoms. The average molecular weight is 534 g/mol. The number of halogens is 3. The van der Waals surface area contributed by atoms with Crippen molar-refractivity contribution < 1.29 is 32.3 Å². The highest BCUT2D eigenvalue weighted by Gasteiger charge is 2.52. The number of carbonyl (C=O) groups excluding carboxylic acids is 4. The van der Waals surface area contributed by atoms with Gasteiger partial charge >= 0.3 is 12.1 Å². The van der Waals surface area contributed by atoms with Gasteiger partial charge in [0.15, 0.2) is 0 Å². The fraction of sp³-hybridized carbons (Fsp3) is 0.500. The number of nitrogens with one attached hydrogen (secondary N) is 2. The van der Waals surface area contributed by atoms with Crippen LogP contribution in [0.4, 0.5) is 18.9 Å². The van der Waals surface area contributed by atoms with Crippen molar-refractivity contribution in [2.45, 2.75) is 57.4 Å². The minimum atomic E-state index is -5.15. The topological polar surface area (TPSA) is 123 Å². The van der Waals surface area contributed by atoms with E-state index in [9.17, 15) is 37.6 Å². The summed E-state index contributed by atoms with van der Waals surface area (Å²) in [4.78, 5) is 53.8. The van der Waals surface area contributed by atoms with Crippen LogP contribution in [0.2, 0.25) is 0 Å². The summed E-state index contributed by atoms with van der Waals surface area (Å²) in [6.07, 6.45) is -3.67. The first-order chi connectivity index (χ1) is 17.8. The van der Waals surface area contributed by atoms with Crippen molar-refractivity contribution in [1.29, 1.82) is 5.26 Å². The average Bonchev–Trinajstić information content (AvgIpc) is 3.43. The minimum Gasteiger partial charge on any atom is -0.336 e. The Balaban J connectivity index is 1.83. The molecule has 12 heteroatoms. The molecular formula is C26H30F3N5O4. The lowest BCUT2D eigenvalue weighted by Crippen LogP contribution is -2.54. The molecule has 0 bridgehead atoms. The molecule has 204 valence electrons. The van der Waals surface area contributed by atoms with Gasteiger partial charge in [-0.1, -0.05) is 38.1 Å². The molecule has 38 heavy (non-hydrogen) atoms. The molecule has 2 aliphatic heterocycles. The van der Waals surface area contributed by atoms with E-state index in [1.165, 1.54) is 11.0 Å². The predicted octanol–water partition coefficient (Wildman–Crippen LogP) is 2.62. The van der Waals surface area contributed by atoms with Crippen molar-refractivity contribution in [3.63, 3.8) is 0 Å². The number of alkyl halides is 3. The molecule has 2 N–H and O–H groups in total. The third kappa shape index (κ3) is 5.98. The molecule has 9 nitrogen and oxygen atoms in total. The van der Waals surface area contributed by atoms with E-state index in [1.54, 1.807) is 35.6 Å². The monoisotopic (exact) mass is 533 g/mol. The van der Waals surface area contributed by atoms with Crippen molar-refractivity contribution in [3.8, 4) is 6.07 Å². The van der Waals surface area contributed by atoms with Crippen LogP contribution in [0.3, 0.4) is 0 Å². The zero-order chi connectivity index (χ0) is 28.3. The van der Waals surface area contributed by atoms with Gasteiger partial charge in [-0.15, -0.1) is 6.58 Å². The molecule has 0 radical (unpaired) electrons. The molecule has 2 aliphatic rings. The summed E-state index contributed by atoms with van der Waals surface area (Å²) in [6, 6.07) is 7.23. The van der Waals surface area contributed by atoms with Crippen molar-refractivity contribution in [1.82, 2.24) is 15.1 Å². The maximum Gasteiger partial charge on any atom is 0.471 e. The number of nitriles is 1. The molecule has 0 saturated carbocycles. The zero-order valence-electron chi connectivity index (χ0n) is 21.1. The van der Waals surface area contributed by atoms with Crippen LogP contribution in [-0.4, -0.2) is 70.8 Å². The number of likely N-dealkylation sites (tertiary alicyclic amines) is 2. The van der Waals surface area contributed by atoms with Crippen LogP contribution in [0.15, 0.2) is 43.0 Å². The number of para-hydroxylation sites is 1. The first-order valence-electron chi connectivity index (χ1n) is 12.2. The second-order valence-corrected chi connectivity index (χ2v) is 9.99. The number of carbonyl (C=O) groups is 4. The molecule has 0 unspecified atom stereocenters. The van der Waals surface area contributed by atoms with E-state index in [-0.39, 0.29) is 38.3 Å². The summed E-state index contributed by atoms with van der Waals surface area (Å²) >= 11 is 0. The highest BCUT2D eigenvalue weighted by atomic mass is 19.4. The van der Waals surface area contributed by atoms with Crippen molar-refractivity contribution in [2.24, 2.45) is 11.3 Å². The van der Waals surface area contributed by atoms with Gasteiger partial charge < -0.3 is 20.4 Å². The molecule has 4 amide bonds. The number of amides is 4. The van der Waals surface area contributed by atoms with Crippen LogP contribution in [0.1, 0.15) is 33.1 Å². The summed E-state index contributed by atoms with van der Waals surface area (Å²) < 4.78 is 38.1. The highest BCUT2D eigenvalue weighted by Crippen LogP contribution is 2.38. The molecule has 2 heterocycles. The van der Waals surface area contributed by atoms with E-state index in [0.29, 0.717) is 5.69 Å². The summed E-state index contributed by atoms with van der Waals surface area (Å²) in [7, 11) is 0. The van der Waals surface area contributed by atoms with Crippen LogP contribution in [-0.2, 0) is 19.2 Å². The van der Waals surface area contributed by atoms with Crippen LogP contribution >= 0.6 is 0 Å². The summed E-state index contributed by atoms with van der Waals surface area (Å²) in [5.41, 5.74) is -0.740. The third-order valence-corrected chi connectivity index (χ3v) is 6.85. The largest absolute Gasteiger partial charge is 0.471 e. The number of rotatable bonds is 8. The van der Waals surface area contributed by atoms with E-state index in [0.717, 1.165) is 4.90 Å². The van der Waals surface area contributed by atoms with Gasteiger partial charge in [-0.2, -0.15) is 18.4 Å². The van der Waals surface area contributed by atoms with E-state index >= 15 is 0 Å². The SMILES string of the molecule is C=C[C@]1(C(=O)Nc2ccccc2)C[C@@H](C#N)N(C(=O)[C@H](CC(C)C)N2CC[C@H](NC(=O)C(F)(F)F)C2=O)C1. The Bertz CT molecular complexity index is 1130. The number of anilines is 1. The second-order valence-electron chi connectivity index (χ2n) is 9.99. The quantitative estimate of drug-likeness (QED) is 0.498. The van der Waals surface area contributed by atoms with Gasteiger partial charge in [-0.25, -0.2) is 0 Å². The van der Waals surface area contributed by atoms with Crippen LogP contribution in [0.25, 0.3) is 0 Å². The van der Waals surface area contributed by atoms with Gasteiger partial charge in [-0.3, -0.25) is 19.2 Å². The minimum absolute atomic E-state index is 0.00990. The number of hydrogen-bond donors (Lipinski definition) is 2. The molecule has 4 atom stereocenters. The Labute approximate surface area is 218 Å². The Morgan fingerprint density at radius 3 is 2.47 bits per heavy atom. The molecule has 1 aromatic carbocycles. The molecule has 1 aromatic rings. The van der Waals surface area contributed by atoms with Gasteiger partial charge in [0.25, 0.3) is 0 Å². The fourth-order valence-electron chi connectivity index (χ4n) is 4.85. The summed E-state index contributed by atoms with van der Waals surface area (Å²) in [6.45, 7) is 7.21. The van der Waals surface area contributed by atoms with Crippen molar-refractivity contribution in [3.05, 3.63) is 43.0 Å². The third-order valence-electron chi connectivity index (χ3n) is 6.85. The fourth-order valence-corrected chi connectivity index (χ4v) is 4.85. The Morgan fingerprint density at radius 1 is 1.26 bits per heavy atom. The Hall–Kier alpha value is -3.88. The number of hydrogen-bond acceptors (Lipinski definition) is 5. The molecule has 2 fully saturated rings. The summed E-state index contributed by atoms with van der Waals surface area (Å²) in [5, 5.41) is 14.3. The standard InChI is InChI=1S/C26H30F3N5O4/c1-4-25(23(37)31-17-8-6-5-7-9-17)13-18(14-30)34(15-25)22(36)20(12-16(2)3)33-11-10-19(21(33)35)32-24(38)26(27,28)29/h4-9,16,18-20H,1,10-13,15H2,2-3H3,(H,31,37)(H,32,38)/t18-,19-,20-,25-/m0/s1. The normalized spacial score (nSPS) is 24.2. The Morgan fingerprint density at radius 2 is 1.92 bits per heavy atom. The van der Waals surface area contributed by atoms with Gasteiger partial charge in [0.2, 0.25) is 17.7 Å². The lowest BCUT2D eigenvalue weighted by Gasteiger charge is -2.33. The smallest absolute Gasteiger partial charge is 0.336 e. The van der Waals surface area contributed by atoms with Gasteiger partial charge in [0, 0.05) is 25.2 Å². The first kappa shape index (κ1) is 28.7. The van der Waals surface area contributed by atoms with E-state index in [2.05, 4.69) is 18.0 Å². The van der Waals surface area contributed by atoms with Crippen LogP contribution in [0, 0.1) is 22.7 Å². The Kier molecular flexibility index (Phi) is 8.49. The van der Waals surface area contributed by atoms with Gasteiger partial charge in [0.1, 0.15) is 18.1 Å². The predicted molar refractivity (Wildman–Crippen MR) is 131 cm³/mol. The molecule has 0 aromatic heterocycles. The van der Waals surface area contributed by atoms with E-state index in [1.807, 2.05) is 13.8 Å².